The third kappa shape index (κ3) is 6.23. The van der Waals surface area contributed by atoms with E-state index in [0.717, 1.165) is 5.56 Å². The molecule has 0 unspecified atom stereocenters. The minimum atomic E-state index is -0.626. The van der Waals surface area contributed by atoms with Crippen molar-refractivity contribution in [3.8, 4) is 0 Å². The molecule has 11 heteroatoms. The van der Waals surface area contributed by atoms with Crippen LogP contribution in [-0.4, -0.2) is 60.7 Å². The van der Waals surface area contributed by atoms with E-state index in [4.69, 9.17) is 38.4 Å². The van der Waals surface area contributed by atoms with Gasteiger partial charge in [-0.05, 0) is 30.2 Å². The smallest absolute Gasteiger partial charge is 0.320 e. The Bertz CT molecular complexity index is 1030. The molecule has 1 fully saturated rings. The average Bonchev–Trinajstić information content (AvgIpc) is 2.76. The normalized spacial score (nSPS) is 18.8. The molecular formula is C21H24Cl2N4O5. The molecule has 0 radical (unpaired) electrons. The fraction of sp³-hybridized carbons (Fsp3) is 0.381. The molecule has 1 saturated heterocycles. The topological polar surface area (TPSA) is 127 Å². The summed E-state index contributed by atoms with van der Waals surface area (Å²) in [6.45, 7) is 1.21. The van der Waals surface area contributed by atoms with Crippen molar-refractivity contribution >= 4 is 40.9 Å². The number of benzene rings is 1. The number of halogens is 2. The van der Waals surface area contributed by atoms with Crippen LogP contribution < -0.4 is 16.6 Å². The molecule has 172 valence electrons. The minimum Gasteiger partial charge on any atom is -0.460 e. The first-order valence-corrected chi connectivity index (χ1v) is 10.7. The molecule has 0 spiro atoms. The summed E-state index contributed by atoms with van der Waals surface area (Å²) in [5.74, 6) is -0.935. The summed E-state index contributed by atoms with van der Waals surface area (Å²) in [5.41, 5.74) is 5.63. The van der Waals surface area contributed by atoms with Crippen LogP contribution in [0.4, 0.5) is 5.82 Å². The Hall–Kier alpha value is -2.59. The molecule has 0 saturated carbocycles. The first-order chi connectivity index (χ1) is 15.3. The number of amides is 1. The van der Waals surface area contributed by atoms with Crippen molar-refractivity contribution in [2.24, 2.45) is 0 Å². The van der Waals surface area contributed by atoms with Crippen LogP contribution in [-0.2, 0) is 20.9 Å². The Morgan fingerprint density at radius 2 is 2.00 bits per heavy atom. The molecular weight excluding hydrogens is 459 g/mol. The summed E-state index contributed by atoms with van der Waals surface area (Å²) < 4.78 is 10.8. The highest BCUT2D eigenvalue weighted by molar-refractivity contribution is 6.33. The number of likely N-dealkylation sites (tertiary alicyclic amines) is 1. The maximum atomic E-state index is 12.6. The fourth-order valence-electron chi connectivity index (χ4n) is 3.43. The standard InChI is InChI=1S/C21H24Cl2N4O5/c1-31-17-9-27(10-18(28)32-11-12-2-4-13(22)5-3-12)7-6-16(17)25-20(29)14-8-15(23)19(24)26-21(14)30/h2-5,8,16-17H,6-7,9-11H2,1H3,(H,25,29)(H3,24,26,30)/t16-,17+/m1/s1. The Kier molecular flexibility index (Phi) is 8.14. The van der Waals surface area contributed by atoms with Gasteiger partial charge >= 0.3 is 5.97 Å². The van der Waals surface area contributed by atoms with Gasteiger partial charge < -0.3 is 25.5 Å². The fourth-order valence-corrected chi connectivity index (χ4v) is 3.72. The Morgan fingerprint density at radius 3 is 2.69 bits per heavy atom. The van der Waals surface area contributed by atoms with Crippen molar-refractivity contribution in [1.29, 1.82) is 0 Å². The van der Waals surface area contributed by atoms with E-state index in [0.29, 0.717) is 24.5 Å². The predicted octanol–water partition coefficient (Wildman–Crippen LogP) is 1.83. The number of rotatable bonds is 7. The summed E-state index contributed by atoms with van der Waals surface area (Å²) in [6, 6.07) is 7.95. The number of aromatic amines is 1. The third-order valence-corrected chi connectivity index (χ3v) is 5.76. The number of methoxy groups -OCH3 is 1. The summed E-state index contributed by atoms with van der Waals surface area (Å²) in [4.78, 5) is 41.1. The molecule has 0 bridgehead atoms. The second kappa shape index (κ2) is 10.8. The number of nitrogens with one attached hydrogen (secondary N) is 2. The molecule has 2 atom stereocenters. The van der Waals surface area contributed by atoms with Crippen molar-refractivity contribution in [3.63, 3.8) is 0 Å². The molecule has 2 heterocycles. The van der Waals surface area contributed by atoms with E-state index >= 15 is 0 Å². The van der Waals surface area contributed by atoms with Gasteiger partial charge in [0.1, 0.15) is 18.0 Å². The third-order valence-electron chi connectivity index (χ3n) is 5.19. The van der Waals surface area contributed by atoms with Gasteiger partial charge in [-0.1, -0.05) is 35.3 Å². The van der Waals surface area contributed by atoms with E-state index in [-0.39, 0.29) is 47.7 Å². The van der Waals surface area contributed by atoms with E-state index in [1.807, 2.05) is 4.90 Å². The molecule has 3 rings (SSSR count). The van der Waals surface area contributed by atoms with Gasteiger partial charge in [-0.2, -0.15) is 0 Å². The molecule has 32 heavy (non-hydrogen) atoms. The van der Waals surface area contributed by atoms with Crippen LogP contribution in [0, 0.1) is 0 Å². The SMILES string of the molecule is CO[C@H]1CN(CC(=O)OCc2ccc(Cl)cc2)CC[C@H]1NC(=O)c1cc(Cl)c(N)[nH]c1=O. The second-order valence-corrected chi connectivity index (χ2v) is 8.28. The lowest BCUT2D eigenvalue weighted by molar-refractivity contribution is -0.147. The number of nitrogens with two attached hydrogens (primary N) is 1. The minimum absolute atomic E-state index is 0.000702. The number of pyridine rings is 1. The summed E-state index contributed by atoms with van der Waals surface area (Å²) in [7, 11) is 1.53. The quantitative estimate of drug-likeness (QED) is 0.513. The van der Waals surface area contributed by atoms with Gasteiger partial charge in [0.25, 0.3) is 11.5 Å². The zero-order valence-corrected chi connectivity index (χ0v) is 18.9. The van der Waals surface area contributed by atoms with Gasteiger partial charge in [0.15, 0.2) is 0 Å². The Labute approximate surface area is 194 Å². The monoisotopic (exact) mass is 482 g/mol. The molecule has 0 aliphatic carbocycles. The van der Waals surface area contributed by atoms with Crippen LogP contribution in [0.3, 0.4) is 0 Å². The lowest BCUT2D eigenvalue weighted by Crippen LogP contribution is -2.56. The number of nitrogens with zero attached hydrogens (tertiary/aromatic N) is 1. The molecule has 1 aliphatic rings. The number of H-pyrrole nitrogens is 1. The highest BCUT2D eigenvalue weighted by atomic mass is 35.5. The lowest BCUT2D eigenvalue weighted by atomic mass is 10.0. The predicted molar refractivity (Wildman–Crippen MR) is 121 cm³/mol. The number of esters is 1. The van der Waals surface area contributed by atoms with E-state index < -0.39 is 11.5 Å². The number of carbonyl (C=O) groups excluding carboxylic acids is 2. The number of hydrogen-bond acceptors (Lipinski definition) is 7. The van der Waals surface area contributed by atoms with Gasteiger partial charge in [-0.25, -0.2) is 0 Å². The van der Waals surface area contributed by atoms with Gasteiger partial charge in [-0.3, -0.25) is 19.3 Å². The molecule has 1 amide bonds. The number of hydrogen-bond donors (Lipinski definition) is 3. The van der Waals surface area contributed by atoms with E-state index in [1.165, 1.54) is 13.2 Å². The largest absolute Gasteiger partial charge is 0.460 e. The molecule has 1 aromatic heterocycles. The zero-order valence-electron chi connectivity index (χ0n) is 17.4. The van der Waals surface area contributed by atoms with Gasteiger partial charge in [-0.15, -0.1) is 0 Å². The maximum absolute atomic E-state index is 12.6. The number of anilines is 1. The van der Waals surface area contributed by atoms with E-state index in [1.54, 1.807) is 24.3 Å². The molecule has 1 aromatic carbocycles. The van der Waals surface area contributed by atoms with Crippen LogP contribution in [0.1, 0.15) is 22.3 Å². The molecule has 1 aliphatic heterocycles. The average molecular weight is 483 g/mol. The maximum Gasteiger partial charge on any atom is 0.320 e. The number of nitrogen functional groups attached to an aromatic ring is 1. The summed E-state index contributed by atoms with van der Waals surface area (Å²) in [5, 5.41) is 3.52. The van der Waals surface area contributed by atoms with E-state index in [9.17, 15) is 14.4 Å². The van der Waals surface area contributed by atoms with Crippen molar-refractivity contribution in [2.75, 3.05) is 32.5 Å². The van der Waals surface area contributed by atoms with Crippen molar-refractivity contribution in [2.45, 2.75) is 25.2 Å². The van der Waals surface area contributed by atoms with Gasteiger partial charge in [0, 0.05) is 25.2 Å². The van der Waals surface area contributed by atoms with Crippen molar-refractivity contribution in [3.05, 3.63) is 61.9 Å². The highest BCUT2D eigenvalue weighted by Gasteiger charge is 2.32. The van der Waals surface area contributed by atoms with Gasteiger partial charge in [0.05, 0.1) is 23.7 Å². The second-order valence-electron chi connectivity index (χ2n) is 7.44. The van der Waals surface area contributed by atoms with Gasteiger partial charge in [0.2, 0.25) is 0 Å². The van der Waals surface area contributed by atoms with Crippen molar-refractivity contribution < 1.29 is 19.1 Å². The number of piperidine rings is 1. The Morgan fingerprint density at radius 1 is 1.28 bits per heavy atom. The zero-order chi connectivity index (χ0) is 23.3. The number of carbonyl (C=O) groups is 2. The summed E-state index contributed by atoms with van der Waals surface area (Å²) in [6.07, 6.45) is 0.148. The van der Waals surface area contributed by atoms with Crippen LogP contribution in [0.15, 0.2) is 35.1 Å². The number of aromatic nitrogens is 1. The first-order valence-electron chi connectivity index (χ1n) is 9.91. The molecule has 9 nitrogen and oxygen atoms in total. The molecule has 2 aromatic rings. The lowest BCUT2D eigenvalue weighted by Gasteiger charge is -2.37. The van der Waals surface area contributed by atoms with Crippen LogP contribution in [0.5, 0.6) is 0 Å². The Balaban J connectivity index is 1.52. The summed E-state index contributed by atoms with van der Waals surface area (Å²) >= 11 is 11.8. The van der Waals surface area contributed by atoms with Crippen LogP contribution in [0.2, 0.25) is 10.0 Å². The van der Waals surface area contributed by atoms with E-state index in [2.05, 4.69) is 10.3 Å². The van der Waals surface area contributed by atoms with Crippen LogP contribution >= 0.6 is 23.2 Å². The number of ether oxygens (including phenoxy) is 2. The van der Waals surface area contributed by atoms with Crippen molar-refractivity contribution in [1.82, 2.24) is 15.2 Å². The molecule has 4 N–H and O–H groups in total. The van der Waals surface area contributed by atoms with Crippen LogP contribution in [0.25, 0.3) is 0 Å². The first kappa shape index (κ1) is 24.1. The highest BCUT2D eigenvalue weighted by Crippen LogP contribution is 2.17.